The van der Waals surface area contributed by atoms with E-state index in [1.807, 2.05) is 31.2 Å². The SMILES string of the molecule is Cc1cnc(C(O)Cc2ccccc2Cl)cn1. The Morgan fingerprint density at radius 1 is 1.24 bits per heavy atom. The van der Waals surface area contributed by atoms with Crippen LogP contribution in [-0.4, -0.2) is 15.1 Å². The summed E-state index contributed by atoms with van der Waals surface area (Å²) in [6.07, 6.45) is 3.00. The average molecular weight is 249 g/mol. The third kappa shape index (κ3) is 3.02. The highest BCUT2D eigenvalue weighted by Gasteiger charge is 2.12. The smallest absolute Gasteiger partial charge is 0.102 e. The first kappa shape index (κ1) is 12.0. The standard InChI is InChI=1S/C13H13ClN2O/c1-9-7-16-12(8-15-9)13(17)6-10-4-2-3-5-11(10)14/h2-5,7-8,13,17H,6H2,1H3. The van der Waals surface area contributed by atoms with Crippen molar-refractivity contribution in [2.45, 2.75) is 19.4 Å². The molecule has 17 heavy (non-hydrogen) atoms. The zero-order valence-electron chi connectivity index (χ0n) is 9.47. The predicted octanol–water partition coefficient (Wildman–Crippen LogP) is 2.71. The second-order valence-electron chi connectivity index (χ2n) is 3.89. The molecular formula is C13H13ClN2O. The van der Waals surface area contributed by atoms with Crippen LogP contribution in [0.1, 0.15) is 23.1 Å². The van der Waals surface area contributed by atoms with E-state index in [1.165, 1.54) is 0 Å². The Labute approximate surface area is 105 Å². The molecule has 0 fully saturated rings. The van der Waals surface area contributed by atoms with Crippen molar-refractivity contribution >= 4 is 11.6 Å². The van der Waals surface area contributed by atoms with Gasteiger partial charge in [0.2, 0.25) is 0 Å². The molecule has 2 rings (SSSR count). The van der Waals surface area contributed by atoms with Gasteiger partial charge in [0.15, 0.2) is 0 Å². The van der Waals surface area contributed by atoms with Crippen LogP contribution in [0.25, 0.3) is 0 Å². The number of aromatic nitrogens is 2. The molecule has 0 aliphatic rings. The summed E-state index contributed by atoms with van der Waals surface area (Å²) in [5.74, 6) is 0. The number of aliphatic hydroxyl groups is 1. The van der Waals surface area contributed by atoms with Gasteiger partial charge in [-0.1, -0.05) is 29.8 Å². The zero-order chi connectivity index (χ0) is 12.3. The molecule has 1 heterocycles. The van der Waals surface area contributed by atoms with E-state index < -0.39 is 6.10 Å². The molecule has 1 N–H and O–H groups in total. The summed E-state index contributed by atoms with van der Waals surface area (Å²) >= 11 is 6.03. The van der Waals surface area contributed by atoms with Gasteiger partial charge < -0.3 is 5.11 Å². The Hall–Kier alpha value is -1.45. The van der Waals surface area contributed by atoms with E-state index in [0.717, 1.165) is 11.3 Å². The molecule has 1 aromatic heterocycles. The first-order chi connectivity index (χ1) is 8.16. The van der Waals surface area contributed by atoms with Crippen molar-refractivity contribution in [1.82, 2.24) is 9.97 Å². The number of hydrogen-bond acceptors (Lipinski definition) is 3. The van der Waals surface area contributed by atoms with Gasteiger partial charge in [-0.15, -0.1) is 0 Å². The predicted molar refractivity (Wildman–Crippen MR) is 66.9 cm³/mol. The van der Waals surface area contributed by atoms with Crippen LogP contribution in [0.5, 0.6) is 0 Å². The highest BCUT2D eigenvalue weighted by atomic mass is 35.5. The molecule has 0 saturated heterocycles. The van der Waals surface area contributed by atoms with Crippen molar-refractivity contribution in [2.75, 3.05) is 0 Å². The minimum absolute atomic E-state index is 0.442. The maximum atomic E-state index is 10.0. The van der Waals surface area contributed by atoms with Gasteiger partial charge in [-0.05, 0) is 18.6 Å². The van der Waals surface area contributed by atoms with Crippen molar-refractivity contribution in [3.05, 3.63) is 58.6 Å². The Morgan fingerprint density at radius 2 is 2.00 bits per heavy atom. The topological polar surface area (TPSA) is 46.0 Å². The van der Waals surface area contributed by atoms with Crippen molar-refractivity contribution in [1.29, 1.82) is 0 Å². The van der Waals surface area contributed by atoms with Gasteiger partial charge in [0, 0.05) is 17.6 Å². The van der Waals surface area contributed by atoms with Crippen LogP contribution in [0.3, 0.4) is 0 Å². The second-order valence-corrected chi connectivity index (χ2v) is 4.30. The normalized spacial score (nSPS) is 12.4. The molecule has 0 aliphatic heterocycles. The molecule has 88 valence electrons. The molecule has 0 bridgehead atoms. The summed E-state index contributed by atoms with van der Waals surface area (Å²) < 4.78 is 0. The van der Waals surface area contributed by atoms with Gasteiger partial charge in [0.25, 0.3) is 0 Å². The molecule has 4 heteroatoms. The maximum Gasteiger partial charge on any atom is 0.102 e. The zero-order valence-corrected chi connectivity index (χ0v) is 10.2. The molecule has 1 atom stereocenters. The molecule has 1 aromatic carbocycles. The third-order valence-corrected chi connectivity index (χ3v) is 2.88. The third-order valence-electron chi connectivity index (χ3n) is 2.51. The second kappa shape index (κ2) is 5.25. The van der Waals surface area contributed by atoms with Gasteiger partial charge in [-0.2, -0.15) is 0 Å². The fraction of sp³-hybridized carbons (Fsp3) is 0.231. The molecule has 2 aromatic rings. The number of hydrogen-bond donors (Lipinski definition) is 1. The number of aryl methyl sites for hydroxylation is 1. The van der Waals surface area contributed by atoms with Crippen LogP contribution in [0.15, 0.2) is 36.7 Å². The van der Waals surface area contributed by atoms with Crippen molar-refractivity contribution in [3.63, 3.8) is 0 Å². The minimum atomic E-state index is -0.678. The van der Waals surface area contributed by atoms with Crippen LogP contribution < -0.4 is 0 Å². The quantitative estimate of drug-likeness (QED) is 0.909. The van der Waals surface area contributed by atoms with Crippen LogP contribution in [-0.2, 0) is 6.42 Å². The van der Waals surface area contributed by atoms with E-state index >= 15 is 0 Å². The highest BCUT2D eigenvalue weighted by molar-refractivity contribution is 6.31. The molecular weight excluding hydrogens is 236 g/mol. The van der Waals surface area contributed by atoms with Crippen molar-refractivity contribution in [2.24, 2.45) is 0 Å². The van der Waals surface area contributed by atoms with Crippen molar-refractivity contribution < 1.29 is 5.11 Å². The van der Waals surface area contributed by atoms with Crippen LogP contribution in [0, 0.1) is 6.92 Å². The summed E-state index contributed by atoms with van der Waals surface area (Å²) in [6, 6.07) is 7.47. The first-order valence-electron chi connectivity index (χ1n) is 5.37. The van der Waals surface area contributed by atoms with Gasteiger partial charge in [-0.3, -0.25) is 9.97 Å². The number of benzene rings is 1. The number of halogens is 1. The van der Waals surface area contributed by atoms with Gasteiger partial charge in [-0.25, -0.2) is 0 Å². The fourth-order valence-corrected chi connectivity index (χ4v) is 1.76. The summed E-state index contributed by atoms with van der Waals surface area (Å²) in [5.41, 5.74) is 2.30. The van der Waals surface area contributed by atoms with E-state index in [1.54, 1.807) is 12.4 Å². The van der Waals surface area contributed by atoms with E-state index in [9.17, 15) is 5.11 Å². The fourth-order valence-electron chi connectivity index (χ4n) is 1.55. The summed E-state index contributed by atoms with van der Waals surface area (Å²) in [7, 11) is 0. The monoisotopic (exact) mass is 248 g/mol. The van der Waals surface area contributed by atoms with Gasteiger partial charge in [0.05, 0.1) is 17.6 Å². The lowest BCUT2D eigenvalue weighted by Gasteiger charge is -2.10. The molecule has 0 saturated carbocycles. The van der Waals surface area contributed by atoms with Gasteiger partial charge in [0.1, 0.15) is 6.10 Å². The lowest BCUT2D eigenvalue weighted by molar-refractivity contribution is 0.173. The first-order valence-corrected chi connectivity index (χ1v) is 5.74. The molecule has 1 unspecified atom stereocenters. The largest absolute Gasteiger partial charge is 0.386 e. The molecule has 0 aliphatic carbocycles. The maximum absolute atomic E-state index is 10.0. The van der Waals surface area contributed by atoms with Crippen LogP contribution in [0.2, 0.25) is 5.02 Å². The van der Waals surface area contributed by atoms with E-state index in [0.29, 0.717) is 17.1 Å². The minimum Gasteiger partial charge on any atom is -0.386 e. The molecule has 0 radical (unpaired) electrons. The molecule has 0 spiro atoms. The Kier molecular flexibility index (Phi) is 3.71. The number of nitrogens with zero attached hydrogens (tertiary/aromatic N) is 2. The van der Waals surface area contributed by atoms with E-state index in [2.05, 4.69) is 9.97 Å². The Bertz CT molecular complexity index is 499. The Morgan fingerprint density at radius 3 is 2.65 bits per heavy atom. The lowest BCUT2D eigenvalue weighted by atomic mass is 10.1. The average Bonchev–Trinajstić information content (AvgIpc) is 2.33. The van der Waals surface area contributed by atoms with E-state index in [4.69, 9.17) is 11.6 Å². The number of aliphatic hydroxyl groups excluding tert-OH is 1. The molecule has 3 nitrogen and oxygen atoms in total. The summed E-state index contributed by atoms with van der Waals surface area (Å²) in [5, 5.41) is 10.7. The van der Waals surface area contributed by atoms with Crippen LogP contribution in [0.4, 0.5) is 0 Å². The highest BCUT2D eigenvalue weighted by Crippen LogP contribution is 2.21. The number of rotatable bonds is 3. The lowest BCUT2D eigenvalue weighted by Crippen LogP contribution is -2.05. The summed E-state index contributed by atoms with van der Waals surface area (Å²) in [4.78, 5) is 8.26. The van der Waals surface area contributed by atoms with Crippen LogP contribution >= 0.6 is 11.6 Å². The van der Waals surface area contributed by atoms with E-state index in [-0.39, 0.29) is 0 Å². The van der Waals surface area contributed by atoms with Gasteiger partial charge >= 0.3 is 0 Å². The summed E-state index contributed by atoms with van der Waals surface area (Å²) in [6.45, 7) is 1.86. The Balaban J connectivity index is 2.14. The molecule has 0 amide bonds. The van der Waals surface area contributed by atoms with Crippen molar-refractivity contribution in [3.8, 4) is 0 Å².